The highest BCUT2D eigenvalue weighted by Crippen LogP contribution is 2.47. The molecule has 0 bridgehead atoms. The third kappa shape index (κ3) is 1.85. The maximum absolute atomic E-state index is 10.8. The van der Waals surface area contributed by atoms with Gasteiger partial charge >= 0.3 is 5.97 Å². The second-order valence-corrected chi connectivity index (χ2v) is 4.41. The summed E-state index contributed by atoms with van der Waals surface area (Å²) < 4.78 is 5.10. The first-order chi connectivity index (χ1) is 8.65. The Morgan fingerprint density at radius 1 is 1.44 bits per heavy atom. The van der Waals surface area contributed by atoms with Crippen LogP contribution < -0.4 is 0 Å². The van der Waals surface area contributed by atoms with Gasteiger partial charge in [-0.15, -0.1) is 0 Å². The quantitative estimate of drug-likeness (QED) is 0.883. The molecular weight excluding hydrogens is 234 g/mol. The van der Waals surface area contributed by atoms with Gasteiger partial charge in [-0.3, -0.25) is 4.79 Å². The number of aromatic nitrogens is 3. The molecule has 2 aromatic heterocycles. The largest absolute Gasteiger partial charge is 0.481 e. The fourth-order valence-electron chi connectivity index (χ4n) is 1.90. The van der Waals surface area contributed by atoms with Gasteiger partial charge in [-0.1, -0.05) is 11.2 Å². The second kappa shape index (κ2) is 3.90. The van der Waals surface area contributed by atoms with Gasteiger partial charge in [0.15, 0.2) is 0 Å². The Labute approximate surface area is 103 Å². The van der Waals surface area contributed by atoms with Crippen LogP contribution in [-0.4, -0.2) is 26.2 Å². The van der Waals surface area contributed by atoms with Gasteiger partial charge in [-0.25, -0.2) is 4.98 Å². The average Bonchev–Trinajstić information content (AvgIpc) is 3.00. The summed E-state index contributed by atoms with van der Waals surface area (Å²) >= 11 is 0. The number of carboxylic acids is 1. The van der Waals surface area contributed by atoms with Crippen LogP contribution in [0.25, 0.3) is 11.5 Å². The topological polar surface area (TPSA) is 89.1 Å². The van der Waals surface area contributed by atoms with E-state index in [9.17, 15) is 4.79 Å². The van der Waals surface area contributed by atoms with Crippen LogP contribution in [0.4, 0.5) is 0 Å². The number of aliphatic carboxylic acids is 1. The highest BCUT2D eigenvalue weighted by atomic mass is 16.5. The average molecular weight is 245 g/mol. The molecule has 0 spiro atoms. The van der Waals surface area contributed by atoms with Gasteiger partial charge < -0.3 is 9.63 Å². The van der Waals surface area contributed by atoms with E-state index < -0.39 is 5.97 Å². The van der Waals surface area contributed by atoms with Gasteiger partial charge in [0.2, 0.25) is 11.7 Å². The molecule has 6 heteroatoms. The van der Waals surface area contributed by atoms with E-state index in [2.05, 4.69) is 15.1 Å². The molecule has 6 nitrogen and oxygen atoms in total. The van der Waals surface area contributed by atoms with Crippen molar-refractivity contribution in [1.29, 1.82) is 0 Å². The Kier molecular flexibility index (Phi) is 2.36. The van der Waals surface area contributed by atoms with Gasteiger partial charge in [0.1, 0.15) is 5.69 Å². The van der Waals surface area contributed by atoms with E-state index in [0.717, 1.165) is 5.69 Å². The summed E-state index contributed by atoms with van der Waals surface area (Å²) in [5, 5.41) is 12.7. The van der Waals surface area contributed by atoms with Crippen molar-refractivity contribution in [3.8, 4) is 11.5 Å². The molecule has 3 rings (SSSR count). The number of nitrogens with zero attached hydrogens (tertiary/aromatic N) is 3. The van der Waals surface area contributed by atoms with Crippen molar-refractivity contribution in [2.75, 3.05) is 0 Å². The third-order valence-electron chi connectivity index (χ3n) is 2.98. The Balaban J connectivity index is 1.84. The summed E-state index contributed by atoms with van der Waals surface area (Å²) in [6, 6.07) is 5.54. The highest BCUT2D eigenvalue weighted by Gasteiger charge is 2.48. The molecule has 0 saturated heterocycles. The summed E-state index contributed by atoms with van der Waals surface area (Å²) in [5.41, 5.74) is 1.51. The molecule has 2 aromatic rings. The minimum absolute atomic E-state index is 0.145. The van der Waals surface area contributed by atoms with E-state index in [1.54, 1.807) is 6.07 Å². The minimum Gasteiger partial charge on any atom is -0.481 e. The first kappa shape index (κ1) is 10.9. The summed E-state index contributed by atoms with van der Waals surface area (Å²) in [5.74, 6) is -0.545. The molecule has 1 N–H and O–H groups in total. The summed E-state index contributed by atoms with van der Waals surface area (Å²) in [6.07, 6.45) is 0.568. The fourth-order valence-corrected chi connectivity index (χ4v) is 1.90. The summed E-state index contributed by atoms with van der Waals surface area (Å²) in [7, 11) is 0. The molecule has 92 valence electrons. The lowest BCUT2D eigenvalue weighted by Crippen LogP contribution is -1.99. The van der Waals surface area contributed by atoms with Gasteiger partial charge in [-0.2, -0.15) is 4.98 Å². The van der Waals surface area contributed by atoms with Crippen molar-refractivity contribution in [2.24, 2.45) is 5.92 Å². The predicted molar refractivity (Wildman–Crippen MR) is 60.7 cm³/mol. The Morgan fingerprint density at radius 3 is 2.94 bits per heavy atom. The third-order valence-corrected chi connectivity index (χ3v) is 2.98. The normalized spacial score (nSPS) is 21.8. The van der Waals surface area contributed by atoms with Gasteiger partial charge in [0.05, 0.1) is 11.8 Å². The molecule has 0 radical (unpaired) electrons. The molecule has 1 fully saturated rings. The van der Waals surface area contributed by atoms with Crippen LogP contribution in [-0.2, 0) is 4.79 Å². The molecule has 0 amide bonds. The monoisotopic (exact) mass is 245 g/mol. The van der Waals surface area contributed by atoms with E-state index >= 15 is 0 Å². The predicted octanol–water partition coefficient (Wildman–Crippen LogP) is 1.63. The molecule has 2 heterocycles. The molecule has 1 saturated carbocycles. The van der Waals surface area contributed by atoms with Crippen molar-refractivity contribution in [1.82, 2.24) is 15.1 Å². The molecule has 18 heavy (non-hydrogen) atoms. The second-order valence-electron chi connectivity index (χ2n) is 4.41. The van der Waals surface area contributed by atoms with Gasteiger partial charge in [0.25, 0.3) is 0 Å². The Morgan fingerprint density at radius 2 is 2.28 bits per heavy atom. The maximum Gasteiger partial charge on any atom is 0.307 e. The summed E-state index contributed by atoms with van der Waals surface area (Å²) in [6.45, 7) is 1.88. The van der Waals surface area contributed by atoms with Crippen LogP contribution in [0.2, 0.25) is 0 Å². The molecular formula is C12H11N3O3. The number of aryl methyl sites for hydroxylation is 1. The van der Waals surface area contributed by atoms with Crippen molar-refractivity contribution >= 4 is 5.97 Å². The fraction of sp³-hybridized carbons (Fsp3) is 0.333. The van der Waals surface area contributed by atoms with Gasteiger partial charge in [-0.05, 0) is 25.5 Å². The van der Waals surface area contributed by atoms with Crippen molar-refractivity contribution in [2.45, 2.75) is 19.3 Å². The zero-order valence-corrected chi connectivity index (χ0v) is 9.70. The SMILES string of the molecule is Cc1cccc(-c2noc(C3CC3C(=O)O)n2)n1. The number of carboxylic acid groups (broad SMARTS) is 1. The number of hydrogen-bond donors (Lipinski definition) is 1. The lowest BCUT2D eigenvalue weighted by atomic mass is 10.3. The van der Waals surface area contributed by atoms with E-state index in [1.165, 1.54) is 0 Å². The van der Waals surface area contributed by atoms with Crippen LogP contribution in [0.1, 0.15) is 23.9 Å². The van der Waals surface area contributed by atoms with E-state index in [1.807, 2.05) is 19.1 Å². The molecule has 0 aromatic carbocycles. The Hall–Kier alpha value is -2.24. The number of carbonyl (C=O) groups is 1. The minimum atomic E-state index is -0.812. The molecule has 2 atom stereocenters. The molecule has 1 aliphatic rings. The van der Waals surface area contributed by atoms with E-state index in [0.29, 0.717) is 23.8 Å². The number of hydrogen-bond acceptors (Lipinski definition) is 5. The van der Waals surface area contributed by atoms with Crippen LogP contribution in [0.15, 0.2) is 22.7 Å². The highest BCUT2D eigenvalue weighted by molar-refractivity contribution is 5.74. The lowest BCUT2D eigenvalue weighted by molar-refractivity contribution is -0.138. The maximum atomic E-state index is 10.8. The van der Waals surface area contributed by atoms with Crippen molar-refractivity contribution < 1.29 is 14.4 Å². The molecule has 0 aliphatic heterocycles. The lowest BCUT2D eigenvalue weighted by Gasteiger charge is -1.94. The first-order valence-corrected chi connectivity index (χ1v) is 5.65. The van der Waals surface area contributed by atoms with E-state index in [4.69, 9.17) is 9.63 Å². The molecule has 2 unspecified atom stereocenters. The Bertz CT molecular complexity index is 608. The zero-order valence-electron chi connectivity index (χ0n) is 9.70. The van der Waals surface area contributed by atoms with Crippen LogP contribution >= 0.6 is 0 Å². The molecule has 1 aliphatic carbocycles. The van der Waals surface area contributed by atoms with Crippen LogP contribution in [0.3, 0.4) is 0 Å². The van der Waals surface area contributed by atoms with Gasteiger partial charge in [0, 0.05) is 5.69 Å². The van der Waals surface area contributed by atoms with Crippen molar-refractivity contribution in [3.63, 3.8) is 0 Å². The van der Waals surface area contributed by atoms with Crippen molar-refractivity contribution in [3.05, 3.63) is 29.8 Å². The number of pyridine rings is 1. The smallest absolute Gasteiger partial charge is 0.307 e. The summed E-state index contributed by atoms with van der Waals surface area (Å²) in [4.78, 5) is 19.3. The van der Waals surface area contributed by atoms with E-state index in [-0.39, 0.29) is 11.8 Å². The standard InChI is InChI=1S/C12H11N3O3/c1-6-3-2-4-9(13-6)10-14-11(18-15-10)7-5-8(7)12(16)17/h2-4,7-8H,5H2,1H3,(H,16,17). The number of rotatable bonds is 3. The van der Waals surface area contributed by atoms with Crippen LogP contribution in [0.5, 0.6) is 0 Å². The zero-order chi connectivity index (χ0) is 12.7. The first-order valence-electron chi connectivity index (χ1n) is 5.65. The van der Waals surface area contributed by atoms with Crippen LogP contribution in [0, 0.1) is 12.8 Å².